The van der Waals surface area contributed by atoms with Crippen molar-refractivity contribution in [1.82, 2.24) is 0 Å². The average molecular weight is 672 g/mol. The Morgan fingerprint density at radius 2 is 1.41 bits per heavy atom. The zero-order valence-corrected chi connectivity index (χ0v) is 25.5. The molecule has 1 heterocycles. The highest BCUT2D eigenvalue weighted by atomic mass is 32.2. The third-order valence-electron chi connectivity index (χ3n) is 6.38. The molecule has 0 saturated carbocycles. The summed E-state index contributed by atoms with van der Waals surface area (Å²) in [5.41, 5.74) is -4.35. The minimum absolute atomic E-state index is 0.00824. The second-order valence-electron chi connectivity index (χ2n) is 9.95. The second kappa shape index (κ2) is 14.6. The molecule has 1 fully saturated rings. The Morgan fingerprint density at radius 1 is 0.848 bits per heavy atom. The number of halogens is 3. The lowest BCUT2D eigenvalue weighted by atomic mass is 9.88. The van der Waals surface area contributed by atoms with Gasteiger partial charge in [-0.2, -0.15) is 26.9 Å². The number of carbonyl (C=O) groups is 4. The molecule has 0 bridgehead atoms. The number of esters is 4. The van der Waals surface area contributed by atoms with Gasteiger partial charge < -0.3 is 27.9 Å². The van der Waals surface area contributed by atoms with Gasteiger partial charge in [0.2, 0.25) is 0 Å². The van der Waals surface area contributed by atoms with Gasteiger partial charge in [-0.3, -0.25) is 19.2 Å². The summed E-state index contributed by atoms with van der Waals surface area (Å²) in [6, 6.07) is 11.0. The van der Waals surface area contributed by atoms with Crippen LogP contribution in [-0.4, -0.2) is 68.8 Å². The fraction of sp³-hybridized carbons (Fsp3) is 0.414. The van der Waals surface area contributed by atoms with Crippen molar-refractivity contribution in [1.29, 1.82) is 5.26 Å². The molecular weight excluding hydrogens is 643 g/mol. The van der Waals surface area contributed by atoms with Gasteiger partial charge in [-0.1, -0.05) is 24.3 Å². The van der Waals surface area contributed by atoms with E-state index in [0.29, 0.717) is 16.7 Å². The van der Waals surface area contributed by atoms with Crippen LogP contribution >= 0.6 is 0 Å². The molecule has 0 spiro atoms. The summed E-state index contributed by atoms with van der Waals surface area (Å²) in [4.78, 5) is 47.9. The van der Waals surface area contributed by atoms with Crippen LogP contribution in [0.25, 0.3) is 0 Å². The molecule has 0 aromatic heterocycles. The molecule has 2 aromatic carbocycles. The number of benzene rings is 2. The van der Waals surface area contributed by atoms with E-state index in [9.17, 15) is 46.0 Å². The molecule has 0 amide bonds. The minimum atomic E-state index is -5.88. The molecular formula is C29H28F3NO12S. The molecule has 1 saturated heterocycles. The van der Waals surface area contributed by atoms with Crippen LogP contribution in [0.2, 0.25) is 0 Å². The number of nitriles is 1. The summed E-state index contributed by atoms with van der Waals surface area (Å²) < 4.78 is 92.3. The minimum Gasteiger partial charge on any atom is -0.463 e. The standard InChI is InChI=1S/C29H28F3NO12S/c1-15(34)40-14-24-26(41-16(2)35)28(43-18(4)37)27(42-17(3)36)25(44-24)20-7-8-21(13-33)22(12-20)11-19-5-9-23(10-6-19)45-46(38,39)29(30,31)32/h5-10,12,24-28H,11,14H2,1-4H3/t24?,25-,26+,27-,28-/m0/s1. The highest BCUT2D eigenvalue weighted by Crippen LogP contribution is 2.38. The van der Waals surface area contributed by atoms with E-state index in [-0.39, 0.29) is 12.0 Å². The van der Waals surface area contributed by atoms with Gasteiger partial charge in [0.05, 0.1) is 11.6 Å². The van der Waals surface area contributed by atoms with E-state index in [2.05, 4.69) is 4.18 Å². The van der Waals surface area contributed by atoms with Gasteiger partial charge in [0.1, 0.15) is 24.6 Å². The molecule has 1 aliphatic rings. The molecule has 248 valence electrons. The summed E-state index contributed by atoms with van der Waals surface area (Å²) in [7, 11) is -5.88. The summed E-state index contributed by atoms with van der Waals surface area (Å²) >= 11 is 0. The lowest BCUT2D eigenvalue weighted by molar-refractivity contribution is -0.254. The van der Waals surface area contributed by atoms with Crippen molar-refractivity contribution in [3.63, 3.8) is 0 Å². The molecule has 5 atom stereocenters. The Morgan fingerprint density at radius 3 is 1.93 bits per heavy atom. The van der Waals surface area contributed by atoms with Crippen molar-refractivity contribution in [3.05, 3.63) is 64.7 Å². The first-order valence-electron chi connectivity index (χ1n) is 13.3. The Balaban J connectivity index is 2.04. The molecule has 2 aromatic rings. The number of hydrogen-bond acceptors (Lipinski definition) is 13. The van der Waals surface area contributed by atoms with Crippen molar-refractivity contribution in [2.45, 2.75) is 70.1 Å². The molecule has 17 heteroatoms. The van der Waals surface area contributed by atoms with E-state index in [1.165, 1.54) is 30.3 Å². The maximum Gasteiger partial charge on any atom is 0.534 e. The Labute approximate surface area is 261 Å². The molecule has 13 nitrogen and oxygen atoms in total. The Kier molecular flexibility index (Phi) is 11.4. The van der Waals surface area contributed by atoms with E-state index in [0.717, 1.165) is 39.8 Å². The summed E-state index contributed by atoms with van der Waals surface area (Å²) in [5, 5.41) is 9.74. The van der Waals surface area contributed by atoms with Gasteiger partial charge in [-0.25, -0.2) is 0 Å². The first-order valence-corrected chi connectivity index (χ1v) is 14.8. The number of nitrogens with zero attached hydrogens (tertiary/aromatic N) is 1. The molecule has 46 heavy (non-hydrogen) atoms. The summed E-state index contributed by atoms with van der Waals surface area (Å²) in [6.45, 7) is 3.94. The number of carbonyl (C=O) groups excluding carboxylic acids is 4. The van der Waals surface area contributed by atoms with Gasteiger partial charge in [0.15, 0.2) is 18.3 Å². The number of ether oxygens (including phenoxy) is 5. The third-order valence-corrected chi connectivity index (χ3v) is 7.36. The van der Waals surface area contributed by atoms with Gasteiger partial charge in [0.25, 0.3) is 0 Å². The Bertz CT molecular complexity index is 1620. The van der Waals surface area contributed by atoms with Crippen LogP contribution in [0.4, 0.5) is 13.2 Å². The highest BCUT2D eigenvalue weighted by Gasteiger charge is 2.52. The van der Waals surface area contributed by atoms with Gasteiger partial charge >= 0.3 is 39.5 Å². The van der Waals surface area contributed by atoms with Crippen LogP contribution in [0, 0.1) is 11.3 Å². The first-order chi connectivity index (χ1) is 21.4. The van der Waals surface area contributed by atoms with Crippen LogP contribution in [0.3, 0.4) is 0 Å². The van der Waals surface area contributed by atoms with Gasteiger partial charge in [0, 0.05) is 27.7 Å². The lowest BCUT2D eigenvalue weighted by Gasteiger charge is -2.44. The smallest absolute Gasteiger partial charge is 0.463 e. The van der Waals surface area contributed by atoms with E-state index in [1.807, 2.05) is 6.07 Å². The van der Waals surface area contributed by atoms with Crippen LogP contribution in [-0.2, 0) is 59.4 Å². The van der Waals surface area contributed by atoms with Crippen molar-refractivity contribution < 1.29 is 68.6 Å². The van der Waals surface area contributed by atoms with Crippen LogP contribution in [0.5, 0.6) is 5.75 Å². The summed E-state index contributed by atoms with van der Waals surface area (Å²) in [6.07, 6.45) is -6.63. The Hall–Kier alpha value is -4.69. The van der Waals surface area contributed by atoms with Crippen LogP contribution in [0.15, 0.2) is 42.5 Å². The maximum absolute atomic E-state index is 12.7. The quantitative estimate of drug-likeness (QED) is 0.156. The van der Waals surface area contributed by atoms with Crippen molar-refractivity contribution in [3.8, 4) is 11.8 Å². The molecule has 0 radical (unpaired) electrons. The molecule has 0 N–H and O–H groups in total. The van der Waals surface area contributed by atoms with Gasteiger partial charge in [-0.05, 0) is 41.3 Å². The van der Waals surface area contributed by atoms with Gasteiger partial charge in [-0.15, -0.1) is 0 Å². The molecule has 3 rings (SSSR count). The first kappa shape index (κ1) is 35.8. The molecule has 1 unspecified atom stereocenters. The number of hydrogen-bond donors (Lipinski definition) is 0. The largest absolute Gasteiger partial charge is 0.534 e. The zero-order chi connectivity index (χ0) is 34.4. The van der Waals surface area contributed by atoms with E-state index in [1.54, 1.807) is 0 Å². The van der Waals surface area contributed by atoms with Crippen LogP contribution in [0.1, 0.15) is 56.1 Å². The van der Waals surface area contributed by atoms with Crippen LogP contribution < -0.4 is 4.18 Å². The predicted octanol–water partition coefficient (Wildman–Crippen LogP) is 3.18. The van der Waals surface area contributed by atoms with Crippen molar-refractivity contribution in [2.75, 3.05) is 6.61 Å². The van der Waals surface area contributed by atoms with E-state index < -0.39 is 82.4 Å². The zero-order valence-electron chi connectivity index (χ0n) is 24.7. The topological polar surface area (TPSA) is 182 Å². The summed E-state index contributed by atoms with van der Waals surface area (Å²) in [5.74, 6) is -3.71. The highest BCUT2D eigenvalue weighted by molar-refractivity contribution is 7.88. The predicted molar refractivity (Wildman–Crippen MR) is 147 cm³/mol. The normalized spacial score (nSPS) is 21.3. The molecule has 0 aliphatic carbocycles. The number of alkyl halides is 3. The second-order valence-corrected chi connectivity index (χ2v) is 11.5. The maximum atomic E-state index is 12.7. The monoisotopic (exact) mass is 671 g/mol. The average Bonchev–Trinajstić information content (AvgIpc) is 2.93. The van der Waals surface area contributed by atoms with Crippen molar-refractivity contribution >= 4 is 34.0 Å². The van der Waals surface area contributed by atoms with Crippen molar-refractivity contribution in [2.24, 2.45) is 0 Å². The molecule has 1 aliphatic heterocycles. The fourth-order valence-corrected chi connectivity index (χ4v) is 5.06. The van der Waals surface area contributed by atoms with E-state index in [4.69, 9.17) is 23.7 Å². The van der Waals surface area contributed by atoms with E-state index >= 15 is 0 Å². The third kappa shape index (κ3) is 9.17. The SMILES string of the molecule is CC(=O)OCC1O[C@@H](c2ccc(C#N)c(Cc3ccc(OS(=O)(=O)C(F)(F)F)cc3)c2)[C@H](OC(C)=O)[C@@H](OC(C)=O)[C@@H]1OC(C)=O. The lowest BCUT2D eigenvalue weighted by Crippen LogP contribution is -2.59. The number of rotatable bonds is 10. The fourth-order valence-electron chi connectivity index (χ4n) is 4.60.